The van der Waals surface area contributed by atoms with Crippen LogP contribution >= 0.6 is 0 Å². The Morgan fingerprint density at radius 2 is 1.47 bits per heavy atom. The Kier molecular flexibility index (Phi) is 6.85. The largest absolute Gasteiger partial charge is 0.204 e. The van der Waals surface area contributed by atoms with Crippen LogP contribution in [0.1, 0.15) is 98.8 Å². The average molecular weight is 415 g/mol. The molecule has 0 nitrogen and oxygen atoms in total. The first-order valence-corrected chi connectivity index (χ1v) is 11.8. The van der Waals surface area contributed by atoms with Crippen LogP contribution in [0.4, 0.5) is 13.2 Å². The predicted molar refractivity (Wildman–Crippen MR) is 116 cm³/mol. The van der Waals surface area contributed by atoms with Gasteiger partial charge in [-0.25, -0.2) is 13.2 Å². The van der Waals surface area contributed by atoms with Crippen LogP contribution in [0, 0.1) is 23.4 Å². The van der Waals surface area contributed by atoms with Crippen molar-refractivity contribution in [3.05, 3.63) is 70.0 Å². The molecule has 2 aromatic rings. The summed E-state index contributed by atoms with van der Waals surface area (Å²) in [5, 5.41) is 0. The lowest BCUT2D eigenvalue weighted by Crippen LogP contribution is -2.16. The summed E-state index contributed by atoms with van der Waals surface area (Å²) in [5.41, 5.74) is 3.63. The molecular formula is C27H33F3. The molecule has 1 atom stereocenters. The second-order valence-corrected chi connectivity index (χ2v) is 9.44. The molecule has 0 spiro atoms. The molecule has 0 heterocycles. The normalized spacial score (nSPS) is 23.9. The number of hydrogen-bond donors (Lipinski definition) is 0. The third-order valence-corrected chi connectivity index (χ3v) is 7.51. The van der Waals surface area contributed by atoms with Crippen LogP contribution in [-0.4, -0.2) is 0 Å². The van der Waals surface area contributed by atoms with E-state index in [4.69, 9.17) is 0 Å². The summed E-state index contributed by atoms with van der Waals surface area (Å²) in [5.74, 6) is -1.59. The Balaban J connectivity index is 1.37. The van der Waals surface area contributed by atoms with Crippen LogP contribution in [0.2, 0.25) is 0 Å². The van der Waals surface area contributed by atoms with Gasteiger partial charge in [0.25, 0.3) is 0 Å². The minimum Gasteiger partial charge on any atom is -0.204 e. The maximum atomic E-state index is 14.0. The number of benzene rings is 2. The van der Waals surface area contributed by atoms with Gasteiger partial charge < -0.3 is 0 Å². The van der Waals surface area contributed by atoms with E-state index in [-0.39, 0.29) is 5.92 Å². The molecule has 0 radical (unpaired) electrons. The Labute approximate surface area is 178 Å². The topological polar surface area (TPSA) is 0 Å². The highest BCUT2D eigenvalue weighted by atomic mass is 19.2. The SMILES string of the molecule is CCCCCC1CCC(c2ccc(C3CCc4c(cc(F)c(F)c4F)C3)cc2)CC1. The van der Waals surface area contributed by atoms with Gasteiger partial charge in [-0.15, -0.1) is 0 Å². The van der Waals surface area contributed by atoms with Gasteiger partial charge in [-0.3, -0.25) is 0 Å². The Morgan fingerprint density at radius 3 is 2.13 bits per heavy atom. The van der Waals surface area contributed by atoms with Crippen molar-refractivity contribution >= 4 is 0 Å². The van der Waals surface area contributed by atoms with E-state index < -0.39 is 17.5 Å². The van der Waals surface area contributed by atoms with E-state index in [1.54, 1.807) is 0 Å². The molecule has 0 saturated heterocycles. The first-order chi connectivity index (χ1) is 14.6. The Bertz CT molecular complexity index is 847. The van der Waals surface area contributed by atoms with Gasteiger partial charge in [0, 0.05) is 0 Å². The number of rotatable bonds is 6. The van der Waals surface area contributed by atoms with Crippen LogP contribution < -0.4 is 0 Å². The maximum absolute atomic E-state index is 14.0. The number of hydrogen-bond acceptors (Lipinski definition) is 0. The van der Waals surface area contributed by atoms with Gasteiger partial charge in [-0.2, -0.15) is 0 Å². The highest BCUT2D eigenvalue weighted by Crippen LogP contribution is 2.39. The highest BCUT2D eigenvalue weighted by Gasteiger charge is 2.27. The molecule has 2 aliphatic carbocycles. The molecule has 0 N–H and O–H groups in total. The summed E-state index contributed by atoms with van der Waals surface area (Å²) < 4.78 is 41.2. The summed E-state index contributed by atoms with van der Waals surface area (Å²) in [6.07, 6.45) is 12.5. The van der Waals surface area contributed by atoms with Crippen molar-refractivity contribution in [1.29, 1.82) is 0 Å². The zero-order chi connectivity index (χ0) is 21.1. The number of halogens is 3. The molecule has 1 unspecified atom stereocenters. The van der Waals surface area contributed by atoms with Crippen molar-refractivity contribution in [2.45, 2.75) is 89.4 Å². The van der Waals surface area contributed by atoms with E-state index in [9.17, 15) is 13.2 Å². The highest BCUT2D eigenvalue weighted by molar-refractivity contribution is 5.37. The van der Waals surface area contributed by atoms with Crippen molar-refractivity contribution in [3.63, 3.8) is 0 Å². The quantitative estimate of drug-likeness (QED) is 0.330. The first-order valence-electron chi connectivity index (χ1n) is 11.8. The van der Waals surface area contributed by atoms with Crippen molar-refractivity contribution in [2.75, 3.05) is 0 Å². The van der Waals surface area contributed by atoms with Gasteiger partial charge in [0.15, 0.2) is 17.5 Å². The lowest BCUT2D eigenvalue weighted by Gasteiger charge is -2.29. The lowest BCUT2D eigenvalue weighted by molar-refractivity contribution is 0.303. The molecule has 0 aromatic heterocycles. The molecular weight excluding hydrogens is 381 g/mol. The summed E-state index contributed by atoms with van der Waals surface area (Å²) in [7, 11) is 0. The molecule has 2 aromatic carbocycles. The zero-order valence-electron chi connectivity index (χ0n) is 18.0. The van der Waals surface area contributed by atoms with Crippen LogP contribution in [0.5, 0.6) is 0 Å². The van der Waals surface area contributed by atoms with Gasteiger partial charge in [0.2, 0.25) is 0 Å². The molecule has 3 heteroatoms. The molecule has 30 heavy (non-hydrogen) atoms. The second kappa shape index (κ2) is 9.58. The average Bonchev–Trinajstić information content (AvgIpc) is 2.78. The fourth-order valence-corrected chi connectivity index (χ4v) is 5.61. The van der Waals surface area contributed by atoms with Gasteiger partial charge in [0.1, 0.15) is 0 Å². The first kappa shape index (κ1) is 21.5. The molecule has 0 amide bonds. The summed E-state index contributed by atoms with van der Waals surface area (Å²) in [6.45, 7) is 2.27. The van der Waals surface area contributed by atoms with Gasteiger partial charge in [0.05, 0.1) is 0 Å². The second-order valence-electron chi connectivity index (χ2n) is 9.44. The lowest BCUT2D eigenvalue weighted by atomic mass is 9.76. The third-order valence-electron chi connectivity index (χ3n) is 7.51. The van der Waals surface area contributed by atoms with Gasteiger partial charge >= 0.3 is 0 Å². The zero-order valence-corrected chi connectivity index (χ0v) is 18.0. The fraction of sp³-hybridized carbons (Fsp3) is 0.556. The molecule has 0 aliphatic heterocycles. The molecule has 0 bridgehead atoms. The van der Waals surface area contributed by atoms with E-state index >= 15 is 0 Å². The van der Waals surface area contributed by atoms with Gasteiger partial charge in [-0.05, 0) is 91.0 Å². The third kappa shape index (κ3) is 4.60. The minimum atomic E-state index is -1.34. The molecule has 2 aliphatic rings. The van der Waals surface area contributed by atoms with E-state index in [2.05, 4.69) is 31.2 Å². The predicted octanol–water partition coefficient (Wildman–Crippen LogP) is 8.23. The minimum absolute atomic E-state index is 0.241. The molecule has 1 saturated carbocycles. The summed E-state index contributed by atoms with van der Waals surface area (Å²) >= 11 is 0. The fourth-order valence-electron chi connectivity index (χ4n) is 5.61. The number of fused-ring (bicyclic) bond motifs is 1. The monoisotopic (exact) mass is 414 g/mol. The smallest absolute Gasteiger partial charge is 0.194 e. The Morgan fingerprint density at radius 1 is 0.800 bits per heavy atom. The molecule has 162 valence electrons. The van der Waals surface area contributed by atoms with Crippen molar-refractivity contribution < 1.29 is 13.2 Å². The van der Waals surface area contributed by atoms with E-state index in [1.807, 2.05) is 0 Å². The molecule has 1 fully saturated rings. The van der Waals surface area contributed by atoms with Crippen LogP contribution in [0.3, 0.4) is 0 Å². The van der Waals surface area contributed by atoms with Crippen LogP contribution in [0.25, 0.3) is 0 Å². The molecule has 4 rings (SSSR count). The van der Waals surface area contributed by atoms with Crippen molar-refractivity contribution in [3.8, 4) is 0 Å². The summed E-state index contributed by atoms with van der Waals surface area (Å²) in [4.78, 5) is 0. The summed E-state index contributed by atoms with van der Waals surface area (Å²) in [6, 6.07) is 10.1. The standard InChI is InChI=1S/C27H33F3/c1-2-3-4-5-18-6-8-19(9-7-18)20-10-12-21(13-11-20)22-14-15-24-23(16-22)17-25(28)27(30)26(24)29/h10-13,17-19,22H,2-9,14-16H2,1H3. The van der Waals surface area contributed by atoms with E-state index in [0.717, 1.165) is 12.3 Å². The number of unbranched alkanes of at least 4 members (excludes halogenated alkanes) is 2. The van der Waals surface area contributed by atoms with Crippen molar-refractivity contribution in [1.82, 2.24) is 0 Å². The van der Waals surface area contributed by atoms with Gasteiger partial charge in [-0.1, -0.05) is 56.9 Å². The van der Waals surface area contributed by atoms with Crippen LogP contribution in [-0.2, 0) is 12.8 Å². The van der Waals surface area contributed by atoms with Crippen LogP contribution in [0.15, 0.2) is 30.3 Å². The Hall–Kier alpha value is -1.77. The van der Waals surface area contributed by atoms with Crippen molar-refractivity contribution in [2.24, 2.45) is 5.92 Å². The van der Waals surface area contributed by atoms with E-state index in [0.29, 0.717) is 29.9 Å². The van der Waals surface area contributed by atoms with E-state index in [1.165, 1.54) is 68.6 Å². The maximum Gasteiger partial charge on any atom is 0.194 e.